The van der Waals surface area contributed by atoms with E-state index in [4.69, 9.17) is 44.6 Å². The van der Waals surface area contributed by atoms with Crippen molar-refractivity contribution in [3.63, 3.8) is 0 Å². The highest BCUT2D eigenvalue weighted by Gasteiger charge is 2.37. The molecule has 0 unspecified atom stereocenters. The molecule has 4 rings (SSSR count). The maximum absolute atomic E-state index is 13.1. The summed E-state index contributed by atoms with van der Waals surface area (Å²) in [7, 11) is 0. The Bertz CT molecular complexity index is 1410. The Morgan fingerprint density at radius 1 is 0.944 bits per heavy atom. The van der Waals surface area contributed by atoms with Crippen molar-refractivity contribution in [2.24, 2.45) is 0 Å². The third-order valence-electron chi connectivity index (χ3n) is 5.11. The number of carboxylic acids is 1. The number of imide groups is 2. The van der Waals surface area contributed by atoms with Crippen molar-refractivity contribution < 1.29 is 29.0 Å². The minimum absolute atomic E-state index is 0.0651. The zero-order valence-electron chi connectivity index (χ0n) is 18.1. The monoisotopic (exact) mass is 544 g/mol. The van der Waals surface area contributed by atoms with Crippen LogP contribution in [0.15, 0.2) is 66.2 Å². The Balaban J connectivity index is 1.58. The molecule has 1 fully saturated rings. The fourth-order valence-electron chi connectivity index (χ4n) is 3.38. The van der Waals surface area contributed by atoms with E-state index in [0.29, 0.717) is 11.1 Å². The number of nitrogens with one attached hydrogen (secondary N) is 1. The molecule has 0 atom stereocenters. The van der Waals surface area contributed by atoms with Gasteiger partial charge in [0.25, 0.3) is 11.8 Å². The molecule has 3 aromatic carbocycles. The summed E-state index contributed by atoms with van der Waals surface area (Å²) in [5, 5.41) is 11.5. The third kappa shape index (κ3) is 5.21. The van der Waals surface area contributed by atoms with Gasteiger partial charge in [-0.1, -0.05) is 59.1 Å². The molecule has 1 saturated heterocycles. The summed E-state index contributed by atoms with van der Waals surface area (Å²) >= 11 is 18.8. The molecule has 3 aromatic rings. The maximum atomic E-state index is 13.1. The zero-order chi connectivity index (χ0) is 26.0. The molecule has 4 amide bonds. The van der Waals surface area contributed by atoms with Crippen LogP contribution < -0.4 is 15.0 Å². The average molecular weight is 546 g/mol. The smallest absolute Gasteiger partial charge is 0.335 e. The third-order valence-corrected chi connectivity index (χ3v) is 5.99. The van der Waals surface area contributed by atoms with Crippen LogP contribution in [0.25, 0.3) is 6.08 Å². The number of rotatable bonds is 6. The first-order chi connectivity index (χ1) is 17.2. The second kappa shape index (κ2) is 10.4. The van der Waals surface area contributed by atoms with Crippen LogP contribution in [0.3, 0.4) is 0 Å². The Kier molecular flexibility index (Phi) is 7.30. The van der Waals surface area contributed by atoms with Crippen molar-refractivity contribution >= 4 is 70.4 Å². The van der Waals surface area contributed by atoms with Gasteiger partial charge in [-0.25, -0.2) is 14.5 Å². The lowest BCUT2D eigenvalue weighted by molar-refractivity contribution is -0.122. The van der Waals surface area contributed by atoms with Gasteiger partial charge in [0.1, 0.15) is 12.2 Å². The Morgan fingerprint density at radius 2 is 1.58 bits per heavy atom. The number of hydrogen-bond donors (Lipinski definition) is 2. The number of aromatic carboxylic acids is 1. The fourth-order valence-corrected chi connectivity index (χ4v) is 4.21. The van der Waals surface area contributed by atoms with Gasteiger partial charge in [-0.3, -0.25) is 14.9 Å². The van der Waals surface area contributed by atoms with Gasteiger partial charge in [-0.05, 0) is 53.6 Å². The van der Waals surface area contributed by atoms with Crippen LogP contribution in [0.5, 0.6) is 5.75 Å². The number of ether oxygens (including phenoxy) is 1. The van der Waals surface area contributed by atoms with Crippen molar-refractivity contribution in [3.8, 4) is 5.75 Å². The number of carbonyl (C=O) groups excluding carboxylic acids is 3. The van der Waals surface area contributed by atoms with E-state index in [-0.39, 0.29) is 44.2 Å². The number of nitrogens with zero attached hydrogens (tertiary/aromatic N) is 1. The zero-order valence-corrected chi connectivity index (χ0v) is 20.4. The number of barbiturate groups is 1. The van der Waals surface area contributed by atoms with Gasteiger partial charge in [-0.2, -0.15) is 0 Å². The van der Waals surface area contributed by atoms with Gasteiger partial charge in [0.15, 0.2) is 5.75 Å². The minimum atomic E-state index is -1.04. The maximum Gasteiger partial charge on any atom is 0.335 e. The van der Waals surface area contributed by atoms with Gasteiger partial charge in [0.05, 0.1) is 26.3 Å². The second-order valence-corrected chi connectivity index (χ2v) is 8.74. The van der Waals surface area contributed by atoms with E-state index < -0.39 is 23.8 Å². The van der Waals surface area contributed by atoms with E-state index in [1.165, 1.54) is 42.5 Å². The molecular formula is C25H15Cl3N2O6. The number of hydrogen-bond acceptors (Lipinski definition) is 5. The highest BCUT2D eigenvalue weighted by atomic mass is 35.5. The molecule has 1 aliphatic rings. The van der Waals surface area contributed by atoms with Crippen molar-refractivity contribution in [3.05, 3.63) is 98.0 Å². The van der Waals surface area contributed by atoms with Gasteiger partial charge in [-0.15, -0.1) is 0 Å². The van der Waals surface area contributed by atoms with E-state index in [0.717, 1.165) is 4.90 Å². The van der Waals surface area contributed by atoms with E-state index in [1.807, 2.05) is 0 Å². The molecule has 0 saturated carbocycles. The van der Waals surface area contributed by atoms with Crippen LogP contribution in [0, 0.1) is 0 Å². The van der Waals surface area contributed by atoms with Crippen LogP contribution in [-0.4, -0.2) is 28.9 Å². The molecule has 0 aliphatic carbocycles. The first-order valence-electron chi connectivity index (χ1n) is 10.3. The summed E-state index contributed by atoms with van der Waals surface area (Å²) in [6, 6.07) is 14.3. The predicted molar refractivity (Wildman–Crippen MR) is 135 cm³/mol. The van der Waals surface area contributed by atoms with E-state index in [2.05, 4.69) is 5.32 Å². The van der Waals surface area contributed by atoms with Crippen molar-refractivity contribution in [2.45, 2.75) is 6.61 Å². The summed E-state index contributed by atoms with van der Waals surface area (Å²) in [6.45, 7) is 0.0651. The average Bonchev–Trinajstić information content (AvgIpc) is 2.82. The van der Waals surface area contributed by atoms with Gasteiger partial charge >= 0.3 is 12.0 Å². The second-order valence-electron chi connectivity index (χ2n) is 7.51. The summed E-state index contributed by atoms with van der Waals surface area (Å²) in [6.07, 6.45) is 1.25. The lowest BCUT2D eigenvalue weighted by Gasteiger charge is -2.27. The quantitative estimate of drug-likeness (QED) is 0.308. The molecule has 0 spiro atoms. The molecular weight excluding hydrogens is 531 g/mol. The number of carboxylic acid groups (broad SMARTS) is 1. The molecule has 0 radical (unpaired) electrons. The molecule has 2 N–H and O–H groups in total. The normalized spacial score (nSPS) is 14.7. The number of para-hydroxylation sites is 1. The van der Waals surface area contributed by atoms with Crippen LogP contribution in [0.1, 0.15) is 21.5 Å². The SMILES string of the molecule is O=C1NC(=O)N(c2ccccc2Cl)C(=O)/C1=C/c1cc(Cl)c(OCc2ccc(C(=O)O)cc2)c(Cl)c1. The van der Waals surface area contributed by atoms with Crippen LogP contribution >= 0.6 is 34.8 Å². The number of halogens is 3. The standard InChI is InChI=1S/C25H15Cl3N2O6/c26-17-3-1-2-4-20(17)30-23(32)16(22(31)29-25(30)35)9-14-10-18(27)21(19(28)11-14)36-12-13-5-7-15(8-6-13)24(33)34/h1-11H,12H2,(H,33,34)(H,29,31,35)/b16-9+. The predicted octanol–water partition coefficient (Wildman–Crippen LogP) is 5.59. The highest BCUT2D eigenvalue weighted by Crippen LogP contribution is 2.36. The van der Waals surface area contributed by atoms with E-state index >= 15 is 0 Å². The number of anilines is 1. The minimum Gasteiger partial charge on any atom is -0.486 e. The Labute approximate surface area is 219 Å². The summed E-state index contributed by atoms with van der Waals surface area (Å²) in [5.41, 5.74) is 0.940. The van der Waals surface area contributed by atoms with Crippen LogP contribution in [0.2, 0.25) is 15.1 Å². The molecule has 0 bridgehead atoms. The Hall–Kier alpha value is -3.85. The number of amides is 4. The summed E-state index contributed by atoms with van der Waals surface area (Å²) in [4.78, 5) is 49.6. The molecule has 1 aliphatic heterocycles. The van der Waals surface area contributed by atoms with Gasteiger partial charge < -0.3 is 9.84 Å². The largest absolute Gasteiger partial charge is 0.486 e. The Morgan fingerprint density at radius 3 is 2.19 bits per heavy atom. The fraction of sp³-hybridized carbons (Fsp3) is 0.0400. The molecule has 11 heteroatoms. The summed E-state index contributed by atoms with van der Waals surface area (Å²) < 4.78 is 5.70. The van der Waals surface area contributed by atoms with Gasteiger partial charge in [0, 0.05) is 0 Å². The van der Waals surface area contributed by atoms with E-state index in [1.54, 1.807) is 24.3 Å². The van der Waals surface area contributed by atoms with Crippen LogP contribution in [-0.2, 0) is 16.2 Å². The topological polar surface area (TPSA) is 113 Å². The number of carbonyl (C=O) groups is 4. The lowest BCUT2D eigenvalue weighted by atomic mass is 10.1. The van der Waals surface area contributed by atoms with Crippen molar-refractivity contribution in [2.75, 3.05) is 4.90 Å². The van der Waals surface area contributed by atoms with Crippen LogP contribution in [0.4, 0.5) is 10.5 Å². The highest BCUT2D eigenvalue weighted by molar-refractivity contribution is 6.42. The van der Waals surface area contributed by atoms with Crippen molar-refractivity contribution in [1.29, 1.82) is 0 Å². The molecule has 8 nitrogen and oxygen atoms in total. The first-order valence-corrected chi connectivity index (χ1v) is 11.4. The van der Waals surface area contributed by atoms with Crippen molar-refractivity contribution in [1.82, 2.24) is 5.32 Å². The molecule has 36 heavy (non-hydrogen) atoms. The number of benzene rings is 3. The first kappa shape index (κ1) is 25.2. The van der Waals surface area contributed by atoms with Gasteiger partial charge in [0.2, 0.25) is 0 Å². The van der Waals surface area contributed by atoms with E-state index in [9.17, 15) is 19.2 Å². The number of urea groups is 1. The molecule has 1 heterocycles. The molecule has 182 valence electrons. The molecule has 0 aromatic heterocycles. The lowest BCUT2D eigenvalue weighted by Crippen LogP contribution is -2.54. The summed E-state index contributed by atoms with van der Waals surface area (Å²) in [5.74, 6) is -2.63.